The number of hydrogen-bond acceptors (Lipinski definition) is 3. The van der Waals surface area contributed by atoms with Crippen LogP contribution in [0, 0.1) is 6.92 Å². The van der Waals surface area contributed by atoms with Gasteiger partial charge in [0.2, 0.25) is 0 Å². The first-order valence-electron chi connectivity index (χ1n) is 4.64. The molecule has 0 atom stereocenters. The van der Waals surface area contributed by atoms with E-state index in [9.17, 15) is 0 Å². The van der Waals surface area contributed by atoms with E-state index in [1.54, 1.807) is 6.20 Å². The number of nitrogens with zero attached hydrogens (tertiary/aromatic N) is 3. The van der Waals surface area contributed by atoms with Gasteiger partial charge in [0.25, 0.3) is 0 Å². The van der Waals surface area contributed by atoms with Crippen LogP contribution in [-0.2, 0) is 13.1 Å². The van der Waals surface area contributed by atoms with Crippen molar-refractivity contribution in [1.29, 1.82) is 0 Å². The molecule has 2 aromatic rings. The molecule has 0 fully saturated rings. The van der Waals surface area contributed by atoms with Crippen molar-refractivity contribution in [3.05, 3.63) is 29.2 Å². The highest BCUT2D eigenvalue weighted by Crippen LogP contribution is 2.20. The topological polar surface area (TPSA) is 58.5 Å². The van der Waals surface area contributed by atoms with Crippen LogP contribution in [0.3, 0.4) is 0 Å². The number of aromatic nitrogens is 4. The summed E-state index contributed by atoms with van der Waals surface area (Å²) in [6.07, 6.45) is 1.74. The van der Waals surface area contributed by atoms with Gasteiger partial charge in [0.15, 0.2) is 0 Å². The first kappa shape index (κ1) is 7.75. The van der Waals surface area contributed by atoms with Crippen LogP contribution < -0.4 is 5.32 Å². The maximum absolute atomic E-state index is 4.52. The second-order valence-corrected chi connectivity index (χ2v) is 3.47. The van der Waals surface area contributed by atoms with Crippen molar-refractivity contribution >= 4 is 0 Å². The summed E-state index contributed by atoms with van der Waals surface area (Å²) in [5.41, 5.74) is 3.66. The van der Waals surface area contributed by atoms with Gasteiger partial charge in [0.05, 0.1) is 11.9 Å². The molecule has 0 amide bonds. The zero-order chi connectivity index (χ0) is 9.54. The lowest BCUT2D eigenvalue weighted by Gasteiger charge is -2.01. The Kier molecular flexibility index (Phi) is 1.49. The molecule has 0 bridgehead atoms. The molecule has 0 saturated carbocycles. The van der Waals surface area contributed by atoms with Gasteiger partial charge in [-0.25, -0.2) is 4.68 Å². The Hall–Kier alpha value is -1.62. The van der Waals surface area contributed by atoms with Crippen molar-refractivity contribution in [3.8, 4) is 5.82 Å². The third-order valence-corrected chi connectivity index (χ3v) is 2.63. The quantitative estimate of drug-likeness (QED) is 0.687. The average Bonchev–Trinajstić information content (AvgIpc) is 2.84. The van der Waals surface area contributed by atoms with Crippen molar-refractivity contribution in [1.82, 2.24) is 25.3 Å². The zero-order valence-electron chi connectivity index (χ0n) is 7.91. The average molecular weight is 189 g/mol. The van der Waals surface area contributed by atoms with Gasteiger partial charge in [0, 0.05) is 30.4 Å². The molecule has 1 aliphatic heterocycles. The Morgan fingerprint density at radius 2 is 2.36 bits per heavy atom. The summed E-state index contributed by atoms with van der Waals surface area (Å²) in [5.74, 6) is 0.928. The fourth-order valence-electron chi connectivity index (χ4n) is 1.87. The second kappa shape index (κ2) is 2.68. The predicted molar refractivity (Wildman–Crippen MR) is 51.0 cm³/mol. The highest BCUT2D eigenvalue weighted by atomic mass is 15.4. The summed E-state index contributed by atoms with van der Waals surface area (Å²) in [6, 6.07) is 1.92. The lowest BCUT2D eigenvalue weighted by atomic mass is 10.2. The molecule has 1 aliphatic rings. The highest BCUT2D eigenvalue weighted by molar-refractivity contribution is 5.34. The molecule has 2 aromatic heterocycles. The van der Waals surface area contributed by atoms with Gasteiger partial charge < -0.3 is 5.32 Å². The minimum absolute atomic E-state index is 0.872. The molecule has 3 heterocycles. The summed E-state index contributed by atoms with van der Waals surface area (Å²) in [7, 11) is 0. The fraction of sp³-hybridized carbons (Fsp3) is 0.333. The smallest absolute Gasteiger partial charge is 0.149 e. The third kappa shape index (κ3) is 0.927. The van der Waals surface area contributed by atoms with Crippen molar-refractivity contribution in [2.45, 2.75) is 20.0 Å². The molecule has 0 spiro atoms. The van der Waals surface area contributed by atoms with Gasteiger partial charge >= 0.3 is 0 Å². The van der Waals surface area contributed by atoms with Crippen LogP contribution in [0.2, 0.25) is 0 Å². The summed E-state index contributed by atoms with van der Waals surface area (Å²) in [5, 5.41) is 14.6. The molecule has 2 N–H and O–H groups in total. The predicted octanol–water partition coefficient (Wildman–Crippen LogP) is 0.507. The molecule has 0 unspecified atom stereocenters. The molecule has 72 valence electrons. The van der Waals surface area contributed by atoms with Crippen LogP contribution in [-0.4, -0.2) is 20.0 Å². The molecule has 0 aliphatic carbocycles. The monoisotopic (exact) mass is 189 g/mol. The van der Waals surface area contributed by atoms with E-state index in [1.807, 2.05) is 10.7 Å². The first-order chi connectivity index (χ1) is 6.86. The summed E-state index contributed by atoms with van der Waals surface area (Å²) in [6.45, 7) is 3.88. The molecule has 0 saturated heterocycles. The lowest BCUT2D eigenvalue weighted by molar-refractivity contribution is 0.703. The van der Waals surface area contributed by atoms with Gasteiger partial charge in [-0.15, -0.1) is 0 Å². The van der Waals surface area contributed by atoms with Gasteiger partial charge in [0.1, 0.15) is 5.82 Å². The number of nitrogens with one attached hydrogen (secondary N) is 2. The minimum atomic E-state index is 0.872. The maximum atomic E-state index is 4.52. The Morgan fingerprint density at radius 1 is 1.43 bits per heavy atom. The van der Waals surface area contributed by atoms with Gasteiger partial charge in [-0.2, -0.15) is 10.2 Å². The van der Waals surface area contributed by atoms with E-state index < -0.39 is 0 Å². The zero-order valence-corrected chi connectivity index (χ0v) is 7.91. The molecule has 5 heteroatoms. The Morgan fingerprint density at radius 3 is 3.07 bits per heavy atom. The number of fused-ring (bicyclic) bond motifs is 1. The Balaban J connectivity index is 2.17. The summed E-state index contributed by atoms with van der Waals surface area (Å²) in [4.78, 5) is 0. The van der Waals surface area contributed by atoms with Crippen molar-refractivity contribution in [2.75, 3.05) is 0 Å². The van der Waals surface area contributed by atoms with Crippen LogP contribution in [0.4, 0.5) is 0 Å². The first-order valence-corrected chi connectivity index (χ1v) is 4.64. The molecule has 3 rings (SSSR count). The van der Waals surface area contributed by atoms with Crippen LogP contribution >= 0.6 is 0 Å². The molecule has 5 nitrogen and oxygen atoms in total. The maximum Gasteiger partial charge on any atom is 0.149 e. The van der Waals surface area contributed by atoms with E-state index in [0.29, 0.717) is 0 Å². The van der Waals surface area contributed by atoms with Crippen molar-refractivity contribution < 1.29 is 0 Å². The van der Waals surface area contributed by atoms with Crippen LogP contribution in [0.25, 0.3) is 5.82 Å². The van der Waals surface area contributed by atoms with Crippen LogP contribution in [0.1, 0.15) is 17.0 Å². The fourth-order valence-corrected chi connectivity index (χ4v) is 1.87. The molecular formula is C9H11N5. The van der Waals surface area contributed by atoms with E-state index in [-0.39, 0.29) is 0 Å². The molecule has 0 radical (unpaired) electrons. The largest absolute Gasteiger partial charge is 0.307 e. The summed E-state index contributed by atoms with van der Waals surface area (Å²) < 4.78 is 1.92. The normalized spacial score (nSPS) is 14.6. The number of hydrogen-bond donors (Lipinski definition) is 2. The molecular weight excluding hydrogens is 178 g/mol. The van der Waals surface area contributed by atoms with E-state index in [1.165, 1.54) is 11.3 Å². The summed E-state index contributed by atoms with van der Waals surface area (Å²) >= 11 is 0. The molecule has 0 aromatic carbocycles. The number of H-pyrrole nitrogens is 1. The van der Waals surface area contributed by atoms with Crippen molar-refractivity contribution in [2.24, 2.45) is 0 Å². The number of rotatable bonds is 1. The standard InChI is InChI=1S/C9H11N5/c1-6-7-4-10-5-8(7)13-14(6)9-2-3-11-12-9/h2-3,10H,4-5H2,1H3,(H,11,12). The SMILES string of the molecule is Cc1c2c(nn1-c1ccn[nH]1)CNC2. The number of aromatic amines is 1. The van der Waals surface area contributed by atoms with E-state index in [4.69, 9.17) is 0 Å². The van der Waals surface area contributed by atoms with Crippen LogP contribution in [0.15, 0.2) is 12.3 Å². The van der Waals surface area contributed by atoms with Crippen LogP contribution in [0.5, 0.6) is 0 Å². The Labute approximate surface area is 81.1 Å². The highest BCUT2D eigenvalue weighted by Gasteiger charge is 2.19. The lowest BCUT2D eigenvalue weighted by Crippen LogP contribution is -2.07. The van der Waals surface area contributed by atoms with Gasteiger partial charge in [-0.1, -0.05) is 0 Å². The van der Waals surface area contributed by atoms with Crippen molar-refractivity contribution in [3.63, 3.8) is 0 Å². The minimum Gasteiger partial charge on any atom is -0.307 e. The van der Waals surface area contributed by atoms with E-state index in [2.05, 4.69) is 27.5 Å². The van der Waals surface area contributed by atoms with Gasteiger partial charge in [-0.05, 0) is 6.92 Å². The Bertz CT molecular complexity index is 454. The van der Waals surface area contributed by atoms with E-state index in [0.717, 1.165) is 24.6 Å². The van der Waals surface area contributed by atoms with E-state index >= 15 is 0 Å². The second-order valence-electron chi connectivity index (χ2n) is 3.47. The van der Waals surface area contributed by atoms with Gasteiger partial charge in [-0.3, -0.25) is 5.10 Å². The molecule has 14 heavy (non-hydrogen) atoms. The third-order valence-electron chi connectivity index (χ3n) is 2.63.